The zero-order chi connectivity index (χ0) is 16.7. The highest BCUT2D eigenvalue weighted by Crippen LogP contribution is 2.13. The summed E-state index contributed by atoms with van der Waals surface area (Å²) >= 11 is 0. The molecule has 0 unspecified atom stereocenters. The van der Waals surface area contributed by atoms with E-state index in [1.165, 1.54) is 24.3 Å². The number of nitrogens with zero attached hydrogens (tertiary/aromatic N) is 2. The van der Waals surface area contributed by atoms with Crippen LogP contribution in [0, 0.1) is 21.4 Å². The maximum absolute atomic E-state index is 11.9. The second-order valence-corrected chi connectivity index (χ2v) is 4.62. The fourth-order valence-corrected chi connectivity index (χ4v) is 1.86. The molecular formula is C18H12N2O3. The molecule has 0 N–H and O–H groups in total. The molecule has 5 heteroatoms. The molecule has 2 aromatic carbocycles. The van der Waals surface area contributed by atoms with Crippen LogP contribution < -0.4 is 0 Å². The Bertz CT molecular complexity index is 828. The van der Waals surface area contributed by atoms with Crippen molar-refractivity contribution >= 4 is 17.5 Å². The number of carbonyl (C=O) groups excluding carboxylic acids is 1. The van der Waals surface area contributed by atoms with Crippen LogP contribution in [0.4, 0.5) is 5.69 Å². The molecule has 0 saturated carbocycles. The summed E-state index contributed by atoms with van der Waals surface area (Å²) in [5.41, 5.74) is 1.71. The van der Waals surface area contributed by atoms with Crippen LogP contribution in [0.25, 0.3) is 6.08 Å². The van der Waals surface area contributed by atoms with Crippen molar-refractivity contribution < 1.29 is 9.72 Å². The molecular weight excluding hydrogens is 292 g/mol. The lowest BCUT2D eigenvalue weighted by molar-refractivity contribution is -0.384. The van der Waals surface area contributed by atoms with Crippen molar-refractivity contribution in [1.82, 2.24) is 0 Å². The van der Waals surface area contributed by atoms with Gasteiger partial charge in [0.1, 0.15) is 0 Å². The molecule has 2 aromatic rings. The van der Waals surface area contributed by atoms with E-state index in [1.807, 2.05) is 6.07 Å². The molecule has 0 saturated heterocycles. The quantitative estimate of drug-likeness (QED) is 0.275. The summed E-state index contributed by atoms with van der Waals surface area (Å²) in [4.78, 5) is 22.0. The van der Waals surface area contributed by atoms with Gasteiger partial charge in [0, 0.05) is 17.7 Å². The fourth-order valence-electron chi connectivity index (χ4n) is 1.86. The highest BCUT2D eigenvalue weighted by molar-refractivity contribution is 6.04. The van der Waals surface area contributed by atoms with Crippen LogP contribution in [-0.4, -0.2) is 10.7 Å². The van der Waals surface area contributed by atoms with Gasteiger partial charge in [0.15, 0.2) is 5.78 Å². The molecule has 2 rings (SSSR count). The van der Waals surface area contributed by atoms with Crippen LogP contribution in [0.5, 0.6) is 0 Å². The van der Waals surface area contributed by atoms with Crippen molar-refractivity contribution in [3.63, 3.8) is 0 Å². The number of nitro benzene ring substituents is 1. The molecule has 0 aliphatic carbocycles. The van der Waals surface area contributed by atoms with Crippen LogP contribution in [0.2, 0.25) is 0 Å². The van der Waals surface area contributed by atoms with Crippen molar-refractivity contribution in [2.24, 2.45) is 0 Å². The molecule has 0 aliphatic rings. The fraction of sp³-hybridized carbons (Fsp3) is 0. The van der Waals surface area contributed by atoms with Gasteiger partial charge < -0.3 is 0 Å². The number of ketones is 1. The number of non-ortho nitro benzene ring substituents is 1. The normalized spacial score (nSPS) is 10.7. The molecule has 0 fully saturated rings. The zero-order valence-electron chi connectivity index (χ0n) is 12.0. The Morgan fingerprint density at radius 2 is 1.87 bits per heavy atom. The van der Waals surface area contributed by atoms with Crippen molar-refractivity contribution in [2.45, 2.75) is 0 Å². The van der Waals surface area contributed by atoms with Crippen LogP contribution in [0.15, 0.2) is 66.8 Å². The first kappa shape index (κ1) is 15.9. The molecule has 0 bridgehead atoms. The number of benzene rings is 2. The molecule has 0 spiro atoms. The number of allylic oxidation sites excluding steroid dienone is 3. The Kier molecular flexibility index (Phi) is 5.16. The smallest absolute Gasteiger partial charge is 0.269 e. The van der Waals surface area contributed by atoms with Crippen LogP contribution >= 0.6 is 0 Å². The molecule has 0 heterocycles. The molecule has 0 aromatic heterocycles. The van der Waals surface area contributed by atoms with Gasteiger partial charge in [-0.05, 0) is 35.9 Å². The summed E-state index contributed by atoms with van der Waals surface area (Å²) in [5.74, 6) is -0.199. The second-order valence-electron chi connectivity index (χ2n) is 4.62. The van der Waals surface area contributed by atoms with Crippen molar-refractivity contribution in [2.75, 3.05) is 0 Å². The average molecular weight is 304 g/mol. The van der Waals surface area contributed by atoms with E-state index in [0.717, 1.165) is 5.56 Å². The minimum atomic E-state index is -0.457. The lowest BCUT2D eigenvalue weighted by atomic mass is 10.1. The summed E-state index contributed by atoms with van der Waals surface area (Å²) in [6.45, 7) is 0. The third-order valence-corrected chi connectivity index (χ3v) is 3.03. The molecule has 0 amide bonds. The van der Waals surface area contributed by atoms with Gasteiger partial charge in [0.05, 0.1) is 16.6 Å². The minimum absolute atomic E-state index is 0.0326. The summed E-state index contributed by atoms with van der Waals surface area (Å²) < 4.78 is 0. The third-order valence-electron chi connectivity index (χ3n) is 3.03. The van der Waals surface area contributed by atoms with Crippen LogP contribution in [0.1, 0.15) is 21.5 Å². The topological polar surface area (TPSA) is 84.0 Å². The predicted octanol–water partition coefficient (Wildman–Crippen LogP) is 3.92. The SMILES string of the molecule is N#Cc1cccc(C(=O)/C=C/C=C/c2ccc([N+](=O)[O-])cc2)c1. The largest absolute Gasteiger partial charge is 0.289 e. The van der Waals surface area contributed by atoms with E-state index in [2.05, 4.69) is 0 Å². The first-order valence-electron chi connectivity index (χ1n) is 6.74. The maximum atomic E-state index is 11.9. The first-order chi connectivity index (χ1) is 11.1. The summed E-state index contributed by atoms with van der Waals surface area (Å²) in [7, 11) is 0. The lowest BCUT2D eigenvalue weighted by Gasteiger charge is -1.95. The Balaban J connectivity index is 2.01. The Morgan fingerprint density at radius 3 is 2.52 bits per heavy atom. The summed E-state index contributed by atoms with van der Waals surface area (Å²) in [5, 5.41) is 19.4. The molecule has 112 valence electrons. The standard InChI is InChI=1S/C18H12N2O3/c19-13-15-5-3-6-16(12-15)18(21)7-2-1-4-14-8-10-17(11-9-14)20(22)23/h1-12H/b4-1+,7-2+. The van der Waals surface area contributed by atoms with E-state index in [4.69, 9.17) is 5.26 Å². The van der Waals surface area contributed by atoms with Gasteiger partial charge in [-0.3, -0.25) is 14.9 Å². The van der Waals surface area contributed by atoms with Gasteiger partial charge in [-0.2, -0.15) is 5.26 Å². The van der Waals surface area contributed by atoms with Crippen molar-refractivity contribution in [1.29, 1.82) is 5.26 Å². The number of nitro groups is 1. The van der Waals surface area contributed by atoms with Gasteiger partial charge in [-0.25, -0.2) is 0 Å². The molecule has 5 nitrogen and oxygen atoms in total. The molecule has 0 aliphatic heterocycles. The van der Waals surface area contributed by atoms with Gasteiger partial charge >= 0.3 is 0 Å². The van der Waals surface area contributed by atoms with E-state index in [-0.39, 0.29) is 11.5 Å². The Labute approximate surface area is 133 Å². The number of hydrogen-bond donors (Lipinski definition) is 0. The number of carbonyl (C=O) groups is 1. The third kappa shape index (κ3) is 4.48. The van der Waals surface area contributed by atoms with Crippen LogP contribution in [-0.2, 0) is 0 Å². The number of hydrogen-bond acceptors (Lipinski definition) is 4. The summed E-state index contributed by atoms with van der Waals surface area (Å²) in [6, 6.07) is 14.5. The second kappa shape index (κ2) is 7.48. The Morgan fingerprint density at radius 1 is 1.13 bits per heavy atom. The van der Waals surface area contributed by atoms with Crippen molar-refractivity contribution in [3.8, 4) is 6.07 Å². The first-order valence-corrected chi connectivity index (χ1v) is 6.74. The van der Waals surface area contributed by atoms with Gasteiger partial charge in [-0.15, -0.1) is 0 Å². The van der Waals surface area contributed by atoms with E-state index in [1.54, 1.807) is 48.6 Å². The predicted molar refractivity (Wildman–Crippen MR) is 86.8 cm³/mol. The van der Waals surface area contributed by atoms with Crippen LogP contribution in [0.3, 0.4) is 0 Å². The highest BCUT2D eigenvalue weighted by atomic mass is 16.6. The monoisotopic (exact) mass is 304 g/mol. The van der Waals surface area contributed by atoms with Gasteiger partial charge in [0.25, 0.3) is 5.69 Å². The minimum Gasteiger partial charge on any atom is -0.289 e. The number of nitriles is 1. The summed E-state index contributed by atoms with van der Waals surface area (Å²) in [6.07, 6.45) is 6.40. The zero-order valence-corrected chi connectivity index (χ0v) is 12.0. The van der Waals surface area contributed by atoms with E-state index >= 15 is 0 Å². The lowest BCUT2D eigenvalue weighted by Crippen LogP contribution is -1.94. The maximum Gasteiger partial charge on any atom is 0.269 e. The van der Waals surface area contributed by atoms with E-state index in [0.29, 0.717) is 11.1 Å². The van der Waals surface area contributed by atoms with E-state index in [9.17, 15) is 14.9 Å². The number of rotatable bonds is 5. The molecule has 0 radical (unpaired) electrons. The molecule has 23 heavy (non-hydrogen) atoms. The van der Waals surface area contributed by atoms with E-state index < -0.39 is 4.92 Å². The average Bonchev–Trinajstić information content (AvgIpc) is 2.59. The molecule has 0 atom stereocenters. The van der Waals surface area contributed by atoms with Gasteiger partial charge in [-0.1, -0.05) is 30.4 Å². The highest BCUT2D eigenvalue weighted by Gasteiger charge is 2.03. The van der Waals surface area contributed by atoms with Crippen molar-refractivity contribution in [3.05, 3.63) is 93.6 Å². The Hall–Kier alpha value is -3.52. The van der Waals surface area contributed by atoms with Gasteiger partial charge in [0.2, 0.25) is 0 Å².